The van der Waals surface area contributed by atoms with E-state index in [0.29, 0.717) is 16.7 Å². The van der Waals surface area contributed by atoms with E-state index in [1.165, 1.54) is 23.9 Å². The zero-order valence-corrected chi connectivity index (χ0v) is 10.5. The Hall–Kier alpha value is -1.49. The van der Waals surface area contributed by atoms with Crippen LogP contribution in [0.15, 0.2) is 27.8 Å². The lowest BCUT2D eigenvalue weighted by Gasteiger charge is -2.03. The fraction of sp³-hybridized carbons (Fsp3) is 0.250. The Bertz CT molecular complexity index is 520. The summed E-state index contributed by atoms with van der Waals surface area (Å²) in [5.74, 6) is 1.12. The number of nitrogens with two attached hydrogens (primary N) is 1. The van der Waals surface area contributed by atoms with E-state index < -0.39 is 0 Å². The Kier molecular flexibility index (Phi) is 3.38. The van der Waals surface area contributed by atoms with Gasteiger partial charge >= 0.3 is 0 Å². The molecule has 17 heavy (non-hydrogen) atoms. The van der Waals surface area contributed by atoms with Crippen LogP contribution in [0.5, 0.6) is 0 Å². The van der Waals surface area contributed by atoms with Crippen LogP contribution in [0.2, 0.25) is 0 Å². The van der Waals surface area contributed by atoms with Gasteiger partial charge in [-0.1, -0.05) is 17.8 Å². The molecule has 5 heteroatoms. The van der Waals surface area contributed by atoms with E-state index in [1.54, 1.807) is 6.07 Å². The van der Waals surface area contributed by atoms with Gasteiger partial charge in [0.15, 0.2) is 0 Å². The van der Waals surface area contributed by atoms with Crippen LogP contribution >= 0.6 is 11.8 Å². The number of nitrogens with zero attached hydrogens (tertiary/aromatic N) is 1. The first-order valence-electron chi connectivity index (χ1n) is 5.17. The fourth-order valence-corrected chi connectivity index (χ4v) is 2.27. The molecule has 0 aliphatic heterocycles. The van der Waals surface area contributed by atoms with E-state index >= 15 is 0 Å². The second-order valence-corrected chi connectivity index (χ2v) is 4.68. The maximum absolute atomic E-state index is 12.8. The Morgan fingerprint density at radius 1 is 1.41 bits per heavy atom. The van der Waals surface area contributed by atoms with E-state index in [0.717, 1.165) is 17.0 Å². The molecule has 90 valence electrons. The summed E-state index contributed by atoms with van der Waals surface area (Å²) >= 11 is 1.45. The smallest absolute Gasteiger partial charge is 0.256 e. The first kappa shape index (κ1) is 12.0. The molecule has 1 aromatic heterocycles. The number of anilines is 1. The monoisotopic (exact) mass is 252 g/mol. The highest BCUT2D eigenvalue weighted by atomic mass is 32.2. The Labute approximate surface area is 103 Å². The minimum Gasteiger partial charge on any atom is -0.437 e. The Morgan fingerprint density at radius 2 is 2.18 bits per heavy atom. The van der Waals surface area contributed by atoms with Gasteiger partial charge in [0.05, 0.1) is 5.69 Å². The van der Waals surface area contributed by atoms with Gasteiger partial charge in [0, 0.05) is 11.4 Å². The predicted octanol–water partition coefficient (Wildman–Crippen LogP) is 3.31. The Balaban J connectivity index is 2.07. The SMILES string of the molecule is Cc1nc(SCc2ccc(F)cc2N)oc1C. The summed E-state index contributed by atoms with van der Waals surface area (Å²) in [5.41, 5.74) is 7.94. The second-order valence-electron chi connectivity index (χ2n) is 3.75. The molecule has 1 aromatic carbocycles. The average Bonchev–Trinajstić information content (AvgIpc) is 2.57. The largest absolute Gasteiger partial charge is 0.437 e. The van der Waals surface area contributed by atoms with Crippen molar-refractivity contribution in [2.45, 2.75) is 24.8 Å². The summed E-state index contributed by atoms with van der Waals surface area (Å²) in [6.45, 7) is 3.77. The number of aryl methyl sites for hydroxylation is 2. The highest BCUT2D eigenvalue weighted by molar-refractivity contribution is 7.98. The molecule has 0 unspecified atom stereocenters. The van der Waals surface area contributed by atoms with Gasteiger partial charge in [-0.25, -0.2) is 9.37 Å². The molecule has 0 aliphatic rings. The van der Waals surface area contributed by atoms with Crippen molar-refractivity contribution >= 4 is 17.4 Å². The molecule has 2 aromatic rings. The zero-order chi connectivity index (χ0) is 12.4. The third-order valence-electron chi connectivity index (χ3n) is 2.47. The molecular weight excluding hydrogens is 239 g/mol. The van der Waals surface area contributed by atoms with Crippen molar-refractivity contribution in [3.63, 3.8) is 0 Å². The predicted molar refractivity (Wildman–Crippen MR) is 66.4 cm³/mol. The molecule has 0 bridgehead atoms. The highest BCUT2D eigenvalue weighted by Crippen LogP contribution is 2.26. The number of rotatable bonds is 3. The maximum Gasteiger partial charge on any atom is 0.256 e. The van der Waals surface area contributed by atoms with Crippen LogP contribution < -0.4 is 5.73 Å². The number of thioether (sulfide) groups is 1. The van der Waals surface area contributed by atoms with Crippen molar-refractivity contribution < 1.29 is 8.81 Å². The van der Waals surface area contributed by atoms with E-state index in [2.05, 4.69) is 4.98 Å². The van der Waals surface area contributed by atoms with Crippen molar-refractivity contribution in [2.75, 3.05) is 5.73 Å². The summed E-state index contributed by atoms with van der Waals surface area (Å²) in [7, 11) is 0. The van der Waals surface area contributed by atoms with Gasteiger partial charge in [-0.15, -0.1) is 0 Å². The van der Waals surface area contributed by atoms with Gasteiger partial charge in [0.25, 0.3) is 5.22 Å². The number of aromatic nitrogens is 1. The van der Waals surface area contributed by atoms with E-state index in [9.17, 15) is 4.39 Å². The van der Waals surface area contributed by atoms with Gasteiger partial charge in [0.2, 0.25) is 0 Å². The van der Waals surface area contributed by atoms with Crippen molar-refractivity contribution in [2.24, 2.45) is 0 Å². The number of oxazole rings is 1. The topological polar surface area (TPSA) is 52.0 Å². The van der Waals surface area contributed by atoms with Crippen molar-refractivity contribution in [1.82, 2.24) is 4.98 Å². The summed E-state index contributed by atoms with van der Waals surface area (Å²) in [6, 6.07) is 4.40. The standard InChI is InChI=1S/C12H13FN2OS/c1-7-8(2)16-12(15-7)17-6-9-3-4-10(13)5-11(9)14/h3-5H,6,14H2,1-2H3. The molecule has 2 rings (SSSR count). The highest BCUT2D eigenvalue weighted by Gasteiger charge is 2.08. The maximum atomic E-state index is 12.8. The summed E-state index contributed by atoms with van der Waals surface area (Å²) in [5, 5.41) is 0.615. The van der Waals surface area contributed by atoms with Crippen LogP contribution in [0.1, 0.15) is 17.0 Å². The minimum atomic E-state index is -0.320. The molecular formula is C12H13FN2OS. The molecule has 0 fully saturated rings. The molecule has 0 saturated heterocycles. The summed E-state index contributed by atoms with van der Waals surface area (Å²) < 4.78 is 18.3. The molecule has 0 aliphatic carbocycles. The normalized spacial score (nSPS) is 10.8. The molecule has 0 radical (unpaired) electrons. The van der Waals surface area contributed by atoms with E-state index in [4.69, 9.17) is 10.2 Å². The van der Waals surface area contributed by atoms with Crippen LogP contribution in [-0.4, -0.2) is 4.98 Å². The van der Waals surface area contributed by atoms with Crippen LogP contribution in [-0.2, 0) is 5.75 Å². The van der Waals surface area contributed by atoms with Crippen LogP contribution in [0.4, 0.5) is 10.1 Å². The number of hydrogen-bond donors (Lipinski definition) is 1. The lowest BCUT2D eigenvalue weighted by molar-refractivity contribution is 0.431. The lowest BCUT2D eigenvalue weighted by atomic mass is 10.2. The van der Waals surface area contributed by atoms with Crippen molar-refractivity contribution in [1.29, 1.82) is 0 Å². The molecule has 1 heterocycles. The quantitative estimate of drug-likeness (QED) is 0.672. The van der Waals surface area contributed by atoms with Gasteiger partial charge in [-0.05, 0) is 31.5 Å². The molecule has 0 atom stereocenters. The third kappa shape index (κ3) is 2.79. The Morgan fingerprint density at radius 3 is 2.76 bits per heavy atom. The molecule has 3 nitrogen and oxygen atoms in total. The van der Waals surface area contributed by atoms with E-state index in [-0.39, 0.29) is 5.82 Å². The number of halogens is 1. The second kappa shape index (κ2) is 4.79. The summed E-state index contributed by atoms with van der Waals surface area (Å²) in [6.07, 6.45) is 0. The van der Waals surface area contributed by atoms with Gasteiger partial charge in [-0.2, -0.15) is 0 Å². The van der Waals surface area contributed by atoms with Crippen LogP contribution in [0.3, 0.4) is 0 Å². The molecule has 0 saturated carbocycles. The number of hydrogen-bond acceptors (Lipinski definition) is 4. The van der Waals surface area contributed by atoms with Crippen LogP contribution in [0, 0.1) is 19.7 Å². The zero-order valence-electron chi connectivity index (χ0n) is 9.66. The first-order valence-corrected chi connectivity index (χ1v) is 6.15. The van der Waals surface area contributed by atoms with Gasteiger partial charge in [0.1, 0.15) is 11.6 Å². The fourth-order valence-electron chi connectivity index (χ4n) is 1.34. The van der Waals surface area contributed by atoms with E-state index in [1.807, 2.05) is 13.8 Å². The first-order chi connectivity index (χ1) is 8.06. The van der Waals surface area contributed by atoms with Crippen LogP contribution in [0.25, 0.3) is 0 Å². The minimum absolute atomic E-state index is 0.320. The molecule has 0 spiro atoms. The summed E-state index contributed by atoms with van der Waals surface area (Å²) in [4.78, 5) is 4.25. The molecule has 2 N–H and O–H groups in total. The van der Waals surface area contributed by atoms with Crippen molar-refractivity contribution in [3.8, 4) is 0 Å². The third-order valence-corrected chi connectivity index (χ3v) is 3.34. The van der Waals surface area contributed by atoms with Crippen molar-refractivity contribution in [3.05, 3.63) is 41.0 Å². The van der Waals surface area contributed by atoms with Gasteiger partial charge in [-0.3, -0.25) is 0 Å². The average molecular weight is 252 g/mol. The molecule has 0 amide bonds. The lowest BCUT2D eigenvalue weighted by Crippen LogP contribution is -1.93. The number of benzene rings is 1. The number of nitrogen functional groups attached to an aromatic ring is 1. The van der Waals surface area contributed by atoms with Gasteiger partial charge < -0.3 is 10.2 Å².